The third-order valence-corrected chi connectivity index (χ3v) is 2.81. The lowest BCUT2D eigenvalue weighted by Crippen LogP contribution is -2.22. The normalized spacial score (nSPS) is 10.9. The molecule has 0 aliphatic heterocycles. The molecule has 1 amide bonds. The molecule has 2 rings (SSSR count). The Balaban J connectivity index is 2.16. The van der Waals surface area contributed by atoms with Gasteiger partial charge in [-0.15, -0.1) is 0 Å². The van der Waals surface area contributed by atoms with Crippen molar-refractivity contribution in [2.75, 3.05) is 10.0 Å². The van der Waals surface area contributed by atoms with Crippen LogP contribution in [0.15, 0.2) is 41.5 Å². The van der Waals surface area contributed by atoms with Gasteiger partial charge in [-0.05, 0) is 18.2 Å². The summed E-state index contributed by atoms with van der Waals surface area (Å²) < 4.78 is 23.9. The van der Waals surface area contributed by atoms with Crippen LogP contribution in [0.1, 0.15) is 10.5 Å². The molecule has 9 nitrogen and oxygen atoms in total. The standard InChI is InChI=1S/C11H11N5O4S/c12-21(19,20)16-8-3-1-2-7(4-8)15-11(18)9-5-14-10(17)6-13-9/h1-6,16H,(H,14,17)(H,15,18)(H2,12,19,20). The highest BCUT2D eigenvalue weighted by atomic mass is 32.2. The molecule has 0 aliphatic rings. The van der Waals surface area contributed by atoms with Gasteiger partial charge in [0, 0.05) is 11.9 Å². The van der Waals surface area contributed by atoms with Gasteiger partial charge in [-0.25, -0.2) is 10.1 Å². The van der Waals surface area contributed by atoms with Crippen molar-refractivity contribution in [3.8, 4) is 0 Å². The summed E-state index contributed by atoms with van der Waals surface area (Å²) in [6, 6.07) is 5.94. The first kappa shape index (κ1) is 14.7. The largest absolute Gasteiger partial charge is 0.325 e. The van der Waals surface area contributed by atoms with Crippen LogP contribution < -0.4 is 20.7 Å². The lowest BCUT2D eigenvalue weighted by molar-refractivity contribution is 0.102. The lowest BCUT2D eigenvalue weighted by Gasteiger charge is -2.07. The molecule has 5 N–H and O–H groups in total. The molecule has 0 saturated heterocycles. The van der Waals surface area contributed by atoms with Crippen LogP contribution in [0.25, 0.3) is 0 Å². The maximum absolute atomic E-state index is 11.9. The van der Waals surface area contributed by atoms with Gasteiger partial charge >= 0.3 is 0 Å². The zero-order valence-electron chi connectivity index (χ0n) is 10.5. The second-order valence-electron chi connectivity index (χ2n) is 3.98. The number of benzene rings is 1. The number of aromatic nitrogens is 2. The average molecular weight is 309 g/mol. The third-order valence-electron chi connectivity index (χ3n) is 2.29. The monoisotopic (exact) mass is 309 g/mol. The summed E-state index contributed by atoms with van der Waals surface area (Å²) in [5, 5.41) is 7.36. The Bertz CT molecular complexity index is 810. The summed E-state index contributed by atoms with van der Waals surface area (Å²) in [4.78, 5) is 28.7. The summed E-state index contributed by atoms with van der Waals surface area (Å²) in [7, 11) is -3.89. The number of carbonyl (C=O) groups is 1. The van der Waals surface area contributed by atoms with Gasteiger partial charge in [-0.3, -0.25) is 14.3 Å². The van der Waals surface area contributed by atoms with Crippen LogP contribution in [0, 0.1) is 0 Å². The minimum Gasteiger partial charge on any atom is -0.325 e. The number of hydrogen-bond acceptors (Lipinski definition) is 5. The van der Waals surface area contributed by atoms with Crippen molar-refractivity contribution in [1.29, 1.82) is 0 Å². The van der Waals surface area contributed by atoms with Crippen molar-refractivity contribution in [2.45, 2.75) is 0 Å². The SMILES string of the molecule is NS(=O)(=O)Nc1cccc(NC(=O)c2c[nH]c(=O)cn2)c1. The lowest BCUT2D eigenvalue weighted by atomic mass is 10.3. The Morgan fingerprint density at radius 3 is 2.62 bits per heavy atom. The first-order chi connectivity index (χ1) is 9.83. The summed E-state index contributed by atoms with van der Waals surface area (Å²) in [5.74, 6) is -0.556. The molecule has 0 unspecified atom stereocenters. The van der Waals surface area contributed by atoms with Crippen LogP contribution >= 0.6 is 0 Å². The molecular weight excluding hydrogens is 298 g/mol. The van der Waals surface area contributed by atoms with E-state index in [1.807, 2.05) is 0 Å². The van der Waals surface area contributed by atoms with Gasteiger partial charge in [-0.2, -0.15) is 8.42 Å². The van der Waals surface area contributed by atoms with Crippen LogP contribution in [0.2, 0.25) is 0 Å². The molecule has 0 fully saturated rings. The number of aromatic amines is 1. The molecule has 0 bridgehead atoms. The van der Waals surface area contributed by atoms with E-state index in [1.54, 1.807) is 6.07 Å². The number of carbonyl (C=O) groups excluding carboxylic acids is 1. The Morgan fingerprint density at radius 2 is 2.00 bits per heavy atom. The molecule has 1 heterocycles. The van der Waals surface area contributed by atoms with E-state index in [9.17, 15) is 18.0 Å². The Labute approximate surface area is 119 Å². The Hall–Kier alpha value is -2.72. The quantitative estimate of drug-likeness (QED) is 0.608. The highest BCUT2D eigenvalue weighted by molar-refractivity contribution is 7.90. The van der Waals surface area contributed by atoms with E-state index in [-0.39, 0.29) is 11.4 Å². The minimum absolute atomic E-state index is 0.0133. The average Bonchev–Trinajstić information content (AvgIpc) is 2.37. The summed E-state index contributed by atoms with van der Waals surface area (Å²) in [5.41, 5.74) is 0.122. The molecule has 110 valence electrons. The Kier molecular flexibility index (Phi) is 4.00. The fourth-order valence-corrected chi connectivity index (χ4v) is 1.94. The summed E-state index contributed by atoms with van der Waals surface area (Å²) in [6.07, 6.45) is 2.15. The molecule has 1 aromatic heterocycles. The van der Waals surface area contributed by atoms with Gasteiger partial charge in [-0.1, -0.05) is 6.07 Å². The van der Waals surface area contributed by atoms with Gasteiger partial charge in [0.05, 0.1) is 11.9 Å². The fraction of sp³-hybridized carbons (Fsp3) is 0. The van der Waals surface area contributed by atoms with Gasteiger partial charge in [0.1, 0.15) is 5.69 Å². The van der Waals surface area contributed by atoms with Gasteiger partial charge in [0.15, 0.2) is 0 Å². The third kappa shape index (κ3) is 4.40. The molecule has 21 heavy (non-hydrogen) atoms. The number of hydrogen-bond donors (Lipinski definition) is 4. The van der Waals surface area contributed by atoms with Crippen LogP contribution in [0.4, 0.5) is 11.4 Å². The number of nitrogens with zero attached hydrogens (tertiary/aromatic N) is 1. The van der Waals surface area contributed by atoms with Crippen molar-refractivity contribution in [1.82, 2.24) is 9.97 Å². The zero-order valence-corrected chi connectivity index (χ0v) is 11.3. The van der Waals surface area contributed by atoms with E-state index in [2.05, 4.69) is 20.0 Å². The van der Waals surface area contributed by atoms with Crippen molar-refractivity contribution in [3.05, 3.63) is 52.7 Å². The Morgan fingerprint density at radius 1 is 1.29 bits per heavy atom. The predicted octanol–water partition coefficient (Wildman–Crippen LogP) is -0.362. The second kappa shape index (κ2) is 5.73. The molecule has 2 aromatic rings. The van der Waals surface area contributed by atoms with E-state index in [0.29, 0.717) is 5.69 Å². The van der Waals surface area contributed by atoms with Crippen LogP contribution in [-0.4, -0.2) is 24.3 Å². The van der Waals surface area contributed by atoms with Crippen molar-refractivity contribution in [3.63, 3.8) is 0 Å². The zero-order chi connectivity index (χ0) is 15.5. The molecule has 0 atom stereocenters. The van der Waals surface area contributed by atoms with Crippen LogP contribution in [0.3, 0.4) is 0 Å². The van der Waals surface area contributed by atoms with Crippen molar-refractivity contribution in [2.24, 2.45) is 5.14 Å². The van der Waals surface area contributed by atoms with Crippen LogP contribution in [0.5, 0.6) is 0 Å². The number of anilines is 2. The molecular formula is C11H11N5O4S. The maximum Gasteiger partial charge on any atom is 0.296 e. The van der Waals surface area contributed by atoms with Gasteiger partial charge in [0.25, 0.3) is 21.7 Å². The van der Waals surface area contributed by atoms with Crippen molar-refractivity contribution >= 4 is 27.5 Å². The van der Waals surface area contributed by atoms with Gasteiger partial charge in [0.2, 0.25) is 0 Å². The molecule has 0 radical (unpaired) electrons. The number of rotatable bonds is 4. The van der Waals surface area contributed by atoms with E-state index in [0.717, 1.165) is 6.20 Å². The number of amides is 1. The van der Waals surface area contributed by atoms with Crippen LogP contribution in [-0.2, 0) is 10.2 Å². The molecule has 1 aromatic carbocycles. The highest BCUT2D eigenvalue weighted by Crippen LogP contribution is 2.16. The van der Waals surface area contributed by atoms with Gasteiger partial charge < -0.3 is 10.3 Å². The number of nitrogens with one attached hydrogen (secondary N) is 3. The predicted molar refractivity (Wildman–Crippen MR) is 76.0 cm³/mol. The number of nitrogens with two attached hydrogens (primary N) is 1. The molecule has 0 saturated carbocycles. The topological polar surface area (TPSA) is 147 Å². The smallest absolute Gasteiger partial charge is 0.296 e. The minimum atomic E-state index is -3.89. The molecule has 0 spiro atoms. The fourth-order valence-electron chi connectivity index (χ4n) is 1.49. The first-order valence-corrected chi connectivity index (χ1v) is 7.15. The first-order valence-electron chi connectivity index (χ1n) is 5.60. The molecule has 0 aliphatic carbocycles. The van der Waals surface area contributed by atoms with E-state index >= 15 is 0 Å². The van der Waals surface area contributed by atoms with Crippen molar-refractivity contribution < 1.29 is 13.2 Å². The summed E-state index contributed by atoms with van der Waals surface area (Å²) in [6.45, 7) is 0. The summed E-state index contributed by atoms with van der Waals surface area (Å²) >= 11 is 0. The number of H-pyrrole nitrogens is 1. The molecule has 10 heteroatoms. The maximum atomic E-state index is 11.9. The van der Waals surface area contributed by atoms with E-state index < -0.39 is 21.7 Å². The van der Waals surface area contributed by atoms with E-state index in [4.69, 9.17) is 5.14 Å². The van der Waals surface area contributed by atoms with E-state index in [1.165, 1.54) is 24.4 Å². The highest BCUT2D eigenvalue weighted by Gasteiger charge is 2.09. The second-order valence-corrected chi connectivity index (χ2v) is 5.27.